The van der Waals surface area contributed by atoms with Crippen LogP contribution in [0.25, 0.3) is 27.6 Å². The second-order valence-corrected chi connectivity index (χ2v) is 6.97. The molecular weight excluding hydrogens is 342 g/mol. The van der Waals surface area contributed by atoms with Crippen molar-refractivity contribution < 1.29 is 0 Å². The first-order valence-electron chi connectivity index (χ1n) is 9.39. The number of fused-ring (bicyclic) bond motifs is 5. The molecule has 0 saturated heterocycles. The van der Waals surface area contributed by atoms with Gasteiger partial charge in [0.25, 0.3) is 5.56 Å². The zero-order valence-electron chi connectivity index (χ0n) is 16.5. The van der Waals surface area contributed by atoms with Crippen LogP contribution < -0.4 is 5.56 Å². The summed E-state index contributed by atoms with van der Waals surface area (Å²) in [7, 11) is 1.87. The first kappa shape index (κ1) is 17.7. The molecule has 0 N–H and O–H groups in total. The molecule has 0 atom stereocenters. The molecule has 0 aliphatic carbocycles. The standard InChI is InChI=1S/C19H25N7O/c1-6-24(7-2)8-9-25-15-10-12(3)21-26(15)17-14(19(25)27)11-20-18-16(17)13(4)22-23(18)5/h10-11H,6-9H2,1-5H3. The number of hydrogen-bond acceptors (Lipinski definition) is 5. The first-order valence-corrected chi connectivity index (χ1v) is 9.39. The predicted molar refractivity (Wildman–Crippen MR) is 106 cm³/mol. The molecule has 0 aliphatic rings. The number of likely N-dealkylation sites (N-methyl/N-ethyl adjacent to an activating group) is 1. The number of nitrogens with zero attached hydrogens (tertiary/aromatic N) is 7. The van der Waals surface area contributed by atoms with Gasteiger partial charge in [-0.2, -0.15) is 10.2 Å². The summed E-state index contributed by atoms with van der Waals surface area (Å²) >= 11 is 0. The Labute approximate surface area is 157 Å². The Morgan fingerprint density at radius 2 is 1.89 bits per heavy atom. The lowest BCUT2D eigenvalue weighted by atomic mass is 10.2. The zero-order valence-corrected chi connectivity index (χ0v) is 16.5. The van der Waals surface area contributed by atoms with E-state index in [1.807, 2.05) is 36.0 Å². The van der Waals surface area contributed by atoms with Gasteiger partial charge in [0.2, 0.25) is 0 Å². The van der Waals surface area contributed by atoms with Gasteiger partial charge in [0.1, 0.15) is 5.65 Å². The minimum Gasteiger partial charge on any atom is -0.302 e. The lowest BCUT2D eigenvalue weighted by molar-refractivity contribution is 0.290. The van der Waals surface area contributed by atoms with E-state index < -0.39 is 0 Å². The average molecular weight is 367 g/mol. The molecule has 0 amide bonds. The van der Waals surface area contributed by atoms with Crippen LogP contribution in [0.15, 0.2) is 17.1 Å². The van der Waals surface area contributed by atoms with Crippen LogP contribution in [0.3, 0.4) is 0 Å². The Bertz CT molecular complexity index is 1210. The molecule has 0 spiro atoms. The molecule has 0 fully saturated rings. The Balaban J connectivity index is 2.06. The van der Waals surface area contributed by atoms with Crippen LogP contribution in [-0.4, -0.2) is 53.5 Å². The second-order valence-electron chi connectivity index (χ2n) is 6.97. The van der Waals surface area contributed by atoms with Crippen LogP contribution in [0, 0.1) is 13.8 Å². The van der Waals surface area contributed by atoms with E-state index in [9.17, 15) is 4.79 Å². The van der Waals surface area contributed by atoms with Crippen molar-refractivity contribution in [1.82, 2.24) is 33.8 Å². The van der Waals surface area contributed by atoms with Gasteiger partial charge in [-0.15, -0.1) is 0 Å². The maximum atomic E-state index is 13.3. The molecule has 8 heteroatoms. The van der Waals surface area contributed by atoms with Crippen LogP contribution in [0.5, 0.6) is 0 Å². The zero-order chi connectivity index (χ0) is 19.3. The molecule has 0 bridgehead atoms. The number of pyridine rings is 1. The average Bonchev–Trinajstić information content (AvgIpc) is 3.17. The van der Waals surface area contributed by atoms with E-state index >= 15 is 0 Å². The molecule has 142 valence electrons. The van der Waals surface area contributed by atoms with Gasteiger partial charge in [-0.3, -0.25) is 14.0 Å². The minimum absolute atomic E-state index is 0.0257. The fourth-order valence-corrected chi connectivity index (χ4v) is 3.86. The summed E-state index contributed by atoms with van der Waals surface area (Å²) in [5.41, 5.74) is 4.06. The van der Waals surface area contributed by atoms with Crippen LogP contribution in [0.2, 0.25) is 0 Å². The van der Waals surface area contributed by atoms with Crippen LogP contribution >= 0.6 is 0 Å². The SMILES string of the molecule is CCN(CC)CCn1c(=O)c2cnc3c(c(C)nn3C)c2n2nc(C)cc12. The highest BCUT2D eigenvalue weighted by Crippen LogP contribution is 2.25. The van der Waals surface area contributed by atoms with Crippen molar-refractivity contribution in [3.05, 3.63) is 34.0 Å². The van der Waals surface area contributed by atoms with Gasteiger partial charge in [-0.1, -0.05) is 13.8 Å². The van der Waals surface area contributed by atoms with Gasteiger partial charge < -0.3 is 4.90 Å². The van der Waals surface area contributed by atoms with Gasteiger partial charge >= 0.3 is 0 Å². The highest BCUT2D eigenvalue weighted by molar-refractivity contribution is 6.04. The molecule has 4 heterocycles. The summed E-state index contributed by atoms with van der Waals surface area (Å²) in [5.74, 6) is 0. The van der Waals surface area contributed by atoms with Crippen molar-refractivity contribution in [3.8, 4) is 0 Å². The third kappa shape index (κ3) is 2.63. The van der Waals surface area contributed by atoms with E-state index in [1.165, 1.54) is 0 Å². The predicted octanol–water partition coefficient (Wildman–Crippen LogP) is 1.89. The van der Waals surface area contributed by atoms with E-state index in [0.29, 0.717) is 11.9 Å². The van der Waals surface area contributed by atoms with Crippen molar-refractivity contribution >= 4 is 27.6 Å². The summed E-state index contributed by atoms with van der Waals surface area (Å²) in [6.07, 6.45) is 1.66. The molecule has 4 aromatic heterocycles. The monoisotopic (exact) mass is 367 g/mol. The van der Waals surface area contributed by atoms with Crippen molar-refractivity contribution in [2.24, 2.45) is 7.05 Å². The Hall–Kier alpha value is -2.74. The number of aromatic nitrogens is 6. The van der Waals surface area contributed by atoms with Gasteiger partial charge in [0.15, 0.2) is 5.65 Å². The number of rotatable bonds is 5. The number of hydrogen-bond donors (Lipinski definition) is 0. The van der Waals surface area contributed by atoms with E-state index in [0.717, 1.165) is 53.2 Å². The molecule has 0 radical (unpaired) electrons. The van der Waals surface area contributed by atoms with Gasteiger partial charge in [-0.05, 0) is 26.9 Å². The third-order valence-electron chi connectivity index (χ3n) is 5.31. The Kier molecular flexibility index (Phi) is 4.22. The third-order valence-corrected chi connectivity index (χ3v) is 5.31. The van der Waals surface area contributed by atoms with Gasteiger partial charge in [-0.25, -0.2) is 9.50 Å². The van der Waals surface area contributed by atoms with E-state index in [2.05, 4.69) is 33.9 Å². The minimum atomic E-state index is -0.0257. The molecule has 8 nitrogen and oxygen atoms in total. The Morgan fingerprint density at radius 1 is 1.15 bits per heavy atom. The van der Waals surface area contributed by atoms with Crippen LogP contribution in [-0.2, 0) is 13.6 Å². The normalized spacial score (nSPS) is 12.2. The highest BCUT2D eigenvalue weighted by Gasteiger charge is 2.19. The van der Waals surface area contributed by atoms with E-state index in [4.69, 9.17) is 0 Å². The Morgan fingerprint density at radius 3 is 2.59 bits per heavy atom. The largest absolute Gasteiger partial charge is 0.302 e. The van der Waals surface area contributed by atoms with Crippen LogP contribution in [0.1, 0.15) is 25.2 Å². The van der Waals surface area contributed by atoms with Crippen LogP contribution in [0.4, 0.5) is 0 Å². The van der Waals surface area contributed by atoms with Gasteiger partial charge in [0, 0.05) is 32.4 Å². The van der Waals surface area contributed by atoms with Crippen molar-refractivity contribution in [2.45, 2.75) is 34.2 Å². The quantitative estimate of drug-likeness (QED) is 0.539. The molecule has 0 aliphatic heterocycles. The van der Waals surface area contributed by atoms with E-state index in [-0.39, 0.29) is 5.56 Å². The highest BCUT2D eigenvalue weighted by atomic mass is 16.1. The van der Waals surface area contributed by atoms with Crippen molar-refractivity contribution in [2.75, 3.05) is 19.6 Å². The summed E-state index contributed by atoms with van der Waals surface area (Å²) in [6.45, 7) is 11.5. The fraction of sp³-hybridized carbons (Fsp3) is 0.474. The van der Waals surface area contributed by atoms with E-state index in [1.54, 1.807) is 10.9 Å². The lowest BCUT2D eigenvalue weighted by Gasteiger charge is -2.19. The summed E-state index contributed by atoms with van der Waals surface area (Å²) in [6, 6.07) is 1.97. The second kappa shape index (κ2) is 6.45. The maximum Gasteiger partial charge on any atom is 0.263 e. The lowest BCUT2D eigenvalue weighted by Crippen LogP contribution is -2.32. The molecular formula is C19H25N7O. The van der Waals surface area contributed by atoms with Gasteiger partial charge in [0.05, 0.1) is 27.7 Å². The summed E-state index contributed by atoms with van der Waals surface area (Å²) < 4.78 is 5.45. The fourth-order valence-electron chi connectivity index (χ4n) is 3.86. The molecule has 4 aromatic rings. The molecule has 0 aromatic carbocycles. The topological polar surface area (TPSA) is 73.2 Å². The molecule has 0 saturated carbocycles. The maximum absolute atomic E-state index is 13.3. The molecule has 0 unspecified atom stereocenters. The molecule has 4 rings (SSSR count). The number of aryl methyl sites for hydroxylation is 3. The summed E-state index contributed by atoms with van der Waals surface area (Å²) in [5, 5.41) is 10.6. The smallest absolute Gasteiger partial charge is 0.263 e. The summed E-state index contributed by atoms with van der Waals surface area (Å²) in [4.78, 5) is 20.2. The van der Waals surface area contributed by atoms with Crippen molar-refractivity contribution in [1.29, 1.82) is 0 Å². The molecule has 27 heavy (non-hydrogen) atoms. The van der Waals surface area contributed by atoms with Crippen molar-refractivity contribution in [3.63, 3.8) is 0 Å². The first-order chi connectivity index (χ1) is 13.0.